The molecule has 1 fully saturated rings. The lowest BCUT2D eigenvalue weighted by Crippen LogP contribution is -2.35. The van der Waals surface area contributed by atoms with E-state index in [4.69, 9.17) is 9.47 Å². The number of hydrogen-bond acceptors (Lipinski definition) is 6. The molecular formula is C23H23N3O4S. The van der Waals surface area contributed by atoms with Gasteiger partial charge in [-0.1, -0.05) is 0 Å². The fraction of sp³-hybridized carbons (Fsp3) is 0.261. The summed E-state index contributed by atoms with van der Waals surface area (Å²) in [5.74, 6) is 1.25. The monoisotopic (exact) mass is 437 g/mol. The van der Waals surface area contributed by atoms with Crippen LogP contribution in [-0.4, -0.2) is 37.6 Å². The molecule has 0 spiro atoms. The van der Waals surface area contributed by atoms with Gasteiger partial charge in [-0.25, -0.2) is 4.98 Å². The van der Waals surface area contributed by atoms with E-state index in [9.17, 15) is 9.59 Å². The Hall–Kier alpha value is -3.39. The molecule has 0 saturated carbocycles. The van der Waals surface area contributed by atoms with E-state index >= 15 is 0 Å². The molecule has 2 amide bonds. The molecule has 3 aromatic rings. The molecule has 1 saturated heterocycles. The summed E-state index contributed by atoms with van der Waals surface area (Å²) >= 11 is 1.33. The van der Waals surface area contributed by atoms with Crippen LogP contribution in [0.2, 0.25) is 0 Å². The van der Waals surface area contributed by atoms with Crippen LogP contribution in [0.25, 0.3) is 11.3 Å². The van der Waals surface area contributed by atoms with Gasteiger partial charge >= 0.3 is 0 Å². The fourth-order valence-corrected chi connectivity index (χ4v) is 4.22. The second-order valence-corrected chi connectivity index (χ2v) is 7.97. The Morgan fingerprint density at radius 3 is 2.61 bits per heavy atom. The Labute approximate surface area is 184 Å². The van der Waals surface area contributed by atoms with Crippen molar-refractivity contribution in [1.29, 1.82) is 0 Å². The number of aromatic nitrogens is 1. The highest BCUT2D eigenvalue weighted by Crippen LogP contribution is 2.35. The number of rotatable bonds is 6. The van der Waals surface area contributed by atoms with E-state index in [2.05, 4.69) is 10.3 Å². The molecule has 2 heterocycles. The van der Waals surface area contributed by atoms with Crippen LogP contribution in [0.5, 0.6) is 11.5 Å². The maximum atomic E-state index is 12.7. The Morgan fingerprint density at radius 2 is 1.90 bits per heavy atom. The zero-order chi connectivity index (χ0) is 21.8. The minimum atomic E-state index is -0.255. The van der Waals surface area contributed by atoms with Crippen LogP contribution in [-0.2, 0) is 4.79 Å². The van der Waals surface area contributed by atoms with Crippen molar-refractivity contribution in [1.82, 2.24) is 4.98 Å². The number of carbonyl (C=O) groups is 2. The van der Waals surface area contributed by atoms with Crippen LogP contribution in [0.15, 0.2) is 47.8 Å². The summed E-state index contributed by atoms with van der Waals surface area (Å²) < 4.78 is 10.7. The van der Waals surface area contributed by atoms with Gasteiger partial charge in [0.1, 0.15) is 11.5 Å². The number of thiazole rings is 1. The molecule has 0 radical (unpaired) electrons. The third-order valence-electron chi connectivity index (χ3n) is 5.17. The molecule has 2 aromatic carbocycles. The van der Waals surface area contributed by atoms with Crippen molar-refractivity contribution in [2.75, 3.05) is 31.0 Å². The minimum absolute atomic E-state index is 0.131. The van der Waals surface area contributed by atoms with Crippen molar-refractivity contribution in [3.05, 3.63) is 53.4 Å². The second-order valence-electron chi connectivity index (χ2n) is 7.11. The van der Waals surface area contributed by atoms with Gasteiger partial charge in [0.15, 0.2) is 5.13 Å². The molecule has 1 aliphatic heterocycles. The Balaban J connectivity index is 1.48. The summed E-state index contributed by atoms with van der Waals surface area (Å²) in [6, 6.07) is 12.6. The van der Waals surface area contributed by atoms with Crippen molar-refractivity contribution >= 4 is 34.0 Å². The van der Waals surface area contributed by atoms with Crippen molar-refractivity contribution < 1.29 is 19.1 Å². The van der Waals surface area contributed by atoms with Crippen LogP contribution < -0.4 is 19.7 Å². The Bertz CT molecular complexity index is 1090. The number of ether oxygens (including phenoxy) is 2. The first kappa shape index (κ1) is 20.9. The van der Waals surface area contributed by atoms with E-state index in [-0.39, 0.29) is 11.8 Å². The van der Waals surface area contributed by atoms with E-state index in [1.165, 1.54) is 11.3 Å². The average Bonchev–Trinajstić information content (AvgIpc) is 3.27. The van der Waals surface area contributed by atoms with Crippen LogP contribution in [0.3, 0.4) is 0 Å². The standard InChI is InChI=1S/C23H23N3O4S/c1-29-17-10-11-20(30-2)18(13-17)19-14-31-23(24-19)25-22(28)15-6-8-16(9-7-15)26-12-4-3-5-21(26)27/h6-11,13-14H,3-5,12H2,1-2H3,(H,24,25,28). The molecule has 4 rings (SSSR count). The smallest absolute Gasteiger partial charge is 0.257 e. The summed E-state index contributed by atoms with van der Waals surface area (Å²) in [4.78, 5) is 31.1. The van der Waals surface area contributed by atoms with E-state index in [0.717, 1.165) is 30.6 Å². The molecular weight excluding hydrogens is 414 g/mol. The predicted molar refractivity (Wildman–Crippen MR) is 121 cm³/mol. The van der Waals surface area contributed by atoms with Crippen molar-refractivity contribution in [3.63, 3.8) is 0 Å². The molecule has 31 heavy (non-hydrogen) atoms. The summed E-state index contributed by atoms with van der Waals surface area (Å²) in [5, 5.41) is 5.18. The van der Waals surface area contributed by atoms with Gasteiger partial charge in [0, 0.05) is 35.2 Å². The Kier molecular flexibility index (Phi) is 6.18. The quantitative estimate of drug-likeness (QED) is 0.610. The van der Waals surface area contributed by atoms with Crippen LogP contribution in [0, 0.1) is 0 Å². The molecule has 0 unspecified atom stereocenters. The molecule has 0 atom stereocenters. The first-order valence-electron chi connectivity index (χ1n) is 9.99. The maximum Gasteiger partial charge on any atom is 0.257 e. The third-order valence-corrected chi connectivity index (χ3v) is 5.93. The van der Waals surface area contributed by atoms with Crippen LogP contribution in [0.4, 0.5) is 10.8 Å². The zero-order valence-corrected chi connectivity index (χ0v) is 18.2. The number of benzene rings is 2. The molecule has 7 nitrogen and oxygen atoms in total. The zero-order valence-electron chi connectivity index (χ0n) is 17.4. The molecule has 1 aliphatic rings. The number of piperidine rings is 1. The van der Waals surface area contributed by atoms with Gasteiger partial charge in [0.05, 0.1) is 19.9 Å². The molecule has 1 N–H and O–H groups in total. The van der Waals surface area contributed by atoms with Crippen molar-refractivity contribution in [2.45, 2.75) is 19.3 Å². The summed E-state index contributed by atoms with van der Waals surface area (Å²) in [6.45, 7) is 0.722. The van der Waals surface area contributed by atoms with Gasteiger partial charge in [-0.05, 0) is 55.3 Å². The topological polar surface area (TPSA) is 80.8 Å². The van der Waals surface area contributed by atoms with Gasteiger partial charge in [-0.3, -0.25) is 14.9 Å². The molecule has 160 valence electrons. The van der Waals surface area contributed by atoms with Gasteiger partial charge in [-0.2, -0.15) is 0 Å². The summed E-state index contributed by atoms with van der Waals surface area (Å²) in [6.07, 6.45) is 2.51. The highest BCUT2D eigenvalue weighted by atomic mass is 32.1. The van der Waals surface area contributed by atoms with Crippen molar-refractivity contribution in [3.8, 4) is 22.8 Å². The lowest BCUT2D eigenvalue weighted by atomic mass is 10.1. The van der Waals surface area contributed by atoms with E-state index in [1.807, 2.05) is 35.7 Å². The first-order chi connectivity index (χ1) is 15.1. The average molecular weight is 438 g/mol. The van der Waals surface area contributed by atoms with Gasteiger partial charge < -0.3 is 14.4 Å². The number of nitrogens with one attached hydrogen (secondary N) is 1. The summed E-state index contributed by atoms with van der Waals surface area (Å²) in [7, 11) is 3.20. The minimum Gasteiger partial charge on any atom is -0.497 e. The van der Waals surface area contributed by atoms with Crippen molar-refractivity contribution in [2.24, 2.45) is 0 Å². The van der Waals surface area contributed by atoms with Gasteiger partial charge in [0.25, 0.3) is 5.91 Å². The third kappa shape index (κ3) is 4.54. The van der Waals surface area contributed by atoms with Crippen LogP contribution >= 0.6 is 11.3 Å². The normalized spacial score (nSPS) is 13.7. The highest BCUT2D eigenvalue weighted by Gasteiger charge is 2.20. The van der Waals surface area contributed by atoms with E-state index in [1.54, 1.807) is 31.3 Å². The van der Waals surface area contributed by atoms with E-state index < -0.39 is 0 Å². The lowest BCUT2D eigenvalue weighted by Gasteiger charge is -2.26. The molecule has 0 aliphatic carbocycles. The number of methoxy groups -OCH3 is 2. The number of nitrogens with zero attached hydrogens (tertiary/aromatic N) is 2. The predicted octanol–water partition coefficient (Wildman–Crippen LogP) is 4.60. The largest absolute Gasteiger partial charge is 0.497 e. The molecule has 1 aromatic heterocycles. The number of hydrogen-bond donors (Lipinski definition) is 1. The second kappa shape index (κ2) is 9.18. The number of amides is 2. The summed E-state index contributed by atoms with van der Waals surface area (Å²) in [5.41, 5.74) is 2.80. The lowest BCUT2D eigenvalue weighted by molar-refractivity contribution is -0.119. The Morgan fingerprint density at radius 1 is 1.10 bits per heavy atom. The van der Waals surface area contributed by atoms with Gasteiger partial charge in [0.2, 0.25) is 5.91 Å². The molecule has 8 heteroatoms. The molecule has 0 bridgehead atoms. The fourth-order valence-electron chi connectivity index (χ4n) is 3.51. The van der Waals surface area contributed by atoms with E-state index in [0.29, 0.717) is 34.3 Å². The SMILES string of the molecule is COc1ccc(OC)c(-c2csc(NC(=O)c3ccc(N4CCCCC4=O)cc3)n2)c1. The highest BCUT2D eigenvalue weighted by molar-refractivity contribution is 7.14. The van der Waals surface area contributed by atoms with Gasteiger partial charge in [-0.15, -0.1) is 11.3 Å². The number of anilines is 2. The number of carbonyl (C=O) groups excluding carboxylic acids is 2. The maximum absolute atomic E-state index is 12.7. The first-order valence-corrected chi connectivity index (χ1v) is 10.9. The van der Waals surface area contributed by atoms with Crippen LogP contribution in [0.1, 0.15) is 29.6 Å².